The molecule has 3 aromatic heterocycles. The number of hydrogen-bond acceptors (Lipinski definition) is 5. The number of H-pyrrole nitrogens is 1. The molecule has 7 nitrogen and oxygen atoms in total. The van der Waals surface area contributed by atoms with Crippen LogP contribution in [0.2, 0.25) is 0 Å². The van der Waals surface area contributed by atoms with Gasteiger partial charge in [0.1, 0.15) is 17.6 Å². The average Bonchev–Trinajstić information content (AvgIpc) is 3.11. The highest BCUT2D eigenvalue weighted by Gasteiger charge is 2.17. The minimum Gasteiger partial charge on any atom is -0.303 e. The molecular formula is C18H8F4N6O. The van der Waals surface area contributed by atoms with Gasteiger partial charge in [0.25, 0.3) is 5.56 Å². The van der Waals surface area contributed by atoms with Gasteiger partial charge in [-0.05, 0) is 11.6 Å². The molecule has 0 aliphatic carbocycles. The molecule has 3 heterocycles. The van der Waals surface area contributed by atoms with Gasteiger partial charge in [-0.2, -0.15) is 9.65 Å². The summed E-state index contributed by atoms with van der Waals surface area (Å²) < 4.78 is 55.4. The van der Waals surface area contributed by atoms with Crippen LogP contribution in [-0.4, -0.2) is 24.3 Å². The fourth-order valence-corrected chi connectivity index (χ4v) is 2.74. The smallest absolute Gasteiger partial charge is 0.287 e. The Kier molecular flexibility index (Phi) is 4.31. The Labute approximate surface area is 158 Å². The van der Waals surface area contributed by atoms with Crippen LogP contribution in [0, 0.1) is 34.6 Å². The van der Waals surface area contributed by atoms with Crippen molar-refractivity contribution in [3.8, 4) is 17.6 Å². The van der Waals surface area contributed by atoms with E-state index in [1.165, 1.54) is 16.8 Å². The zero-order valence-corrected chi connectivity index (χ0v) is 14.3. The molecule has 0 atom stereocenters. The van der Waals surface area contributed by atoms with Gasteiger partial charge >= 0.3 is 0 Å². The molecule has 0 spiro atoms. The van der Waals surface area contributed by atoms with E-state index in [1.807, 2.05) is 6.07 Å². The van der Waals surface area contributed by atoms with Gasteiger partial charge in [-0.3, -0.25) is 4.79 Å². The predicted octanol–water partition coefficient (Wildman–Crippen LogP) is 2.50. The Balaban J connectivity index is 1.91. The third-order valence-corrected chi connectivity index (χ3v) is 4.07. The maximum Gasteiger partial charge on any atom is 0.287 e. The summed E-state index contributed by atoms with van der Waals surface area (Å²) in [7, 11) is 0. The monoisotopic (exact) mass is 400 g/mol. The quantitative estimate of drug-likeness (QED) is 0.421. The normalized spacial score (nSPS) is 11.0. The van der Waals surface area contributed by atoms with E-state index in [9.17, 15) is 22.4 Å². The molecule has 0 aliphatic heterocycles. The lowest BCUT2D eigenvalue weighted by Crippen LogP contribution is -2.13. The van der Waals surface area contributed by atoms with Gasteiger partial charge in [0.05, 0.1) is 11.9 Å². The van der Waals surface area contributed by atoms with Gasteiger partial charge in [0.15, 0.2) is 28.8 Å². The molecule has 4 rings (SSSR count). The Bertz CT molecular complexity index is 1370. The van der Waals surface area contributed by atoms with E-state index < -0.39 is 28.8 Å². The first-order valence-electron chi connectivity index (χ1n) is 8.03. The van der Waals surface area contributed by atoms with Gasteiger partial charge in [-0.15, -0.1) is 0 Å². The first-order valence-corrected chi connectivity index (χ1v) is 8.03. The number of rotatable bonds is 3. The van der Waals surface area contributed by atoms with Gasteiger partial charge in [-0.25, -0.2) is 28.1 Å². The van der Waals surface area contributed by atoms with Crippen LogP contribution in [0.25, 0.3) is 17.2 Å². The second-order valence-corrected chi connectivity index (χ2v) is 5.99. The Morgan fingerprint density at radius 2 is 1.79 bits per heavy atom. The highest BCUT2D eigenvalue weighted by atomic mass is 19.2. The first-order chi connectivity index (χ1) is 13.9. The highest BCUT2D eigenvalue weighted by Crippen LogP contribution is 2.22. The molecule has 1 N–H and O–H groups in total. The SMILES string of the molecule is N#Cc1cn2cc(-c3ncc(F)c(=O)[nH]3)nc(Cc3cc(F)c(F)cc3F)c2n1. The number of fused-ring (bicyclic) bond motifs is 1. The van der Waals surface area contributed by atoms with Crippen LogP contribution in [0.1, 0.15) is 17.0 Å². The van der Waals surface area contributed by atoms with E-state index in [2.05, 4.69) is 19.9 Å². The third-order valence-electron chi connectivity index (χ3n) is 4.07. The van der Waals surface area contributed by atoms with Crippen molar-refractivity contribution >= 4 is 5.65 Å². The molecule has 11 heteroatoms. The molecule has 4 aromatic rings. The number of aromatic amines is 1. The molecular weight excluding hydrogens is 392 g/mol. The average molecular weight is 400 g/mol. The summed E-state index contributed by atoms with van der Waals surface area (Å²) in [5.74, 6) is -4.74. The maximum absolute atomic E-state index is 14.1. The van der Waals surface area contributed by atoms with Crippen molar-refractivity contribution in [2.45, 2.75) is 6.42 Å². The first kappa shape index (κ1) is 18.3. The van der Waals surface area contributed by atoms with E-state index in [0.29, 0.717) is 18.3 Å². The summed E-state index contributed by atoms with van der Waals surface area (Å²) in [6, 6.07) is 2.95. The zero-order valence-electron chi connectivity index (χ0n) is 14.3. The lowest BCUT2D eigenvalue weighted by Gasteiger charge is -2.08. The van der Waals surface area contributed by atoms with Crippen LogP contribution in [0.15, 0.2) is 35.5 Å². The number of aromatic nitrogens is 5. The number of nitrogens with zero attached hydrogens (tertiary/aromatic N) is 5. The summed E-state index contributed by atoms with van der Waals surface area (Å²) in [5.41, 5.74) is -0.864. The van der Waals surface area contributed by atoms with Crippen molar-refractivity contribution in [2.75, 3.05) is 0 Å². The van der Waals surface area contributed by atoms with Crippen LogP contribution in [-0.2, 0) is 6.42 Å². The topological polar surface area (TPSA) is 99.7 Å². The summed E-state index contributed by atoms with van der Waals surface area (Å²) >= 11 is 0. The van der Waals surface area contributed by atoms with E-state index in [4.69, 9.17) is 5.26 Å². The van der Waals surface area contributed by atoms with Crippen molar-refractivity contribution in [3.05, 3.63) is 81.3 Å². The van der Waals surface area contributed by atoms with Gasteiger partial charge in [0.2, 0.25) is 5.82 Å². The number of nitrogens with one attached hydrogen (secondary N) is 1. The van der Waals surface area contributed by atoms with Crippen LogP contribution in [0.4, 0.5) is 17.6 Å². The molecule has 1 aromatic carbocycles. The van der Waals surface area contributed by atoms with Gasteiger partial charge in [0, 0.05) is 24.9 Å². The van der Waals surface area contributed by atoms with Crippen LogP contribution in [0.3, 0.4) is 0 Å². The molecule has 0 aliphatic rings. The molecule has 0 bridgehead atoms. The predicted molar refractivity (Wildman–Crippen MR) is 90.6 cm³/mol. The van der Waals surface area contributed by atoms with Crippen molar-refractivity contribution in [3.63, 3.8) is 0 Å². The summed E-state index contributed by atoms with van der Waals surface area (Å²) in [5, 5.41) is 9.08. The molecule has 0 fully saturated rings. The number of benzene rings is 1. The lowest BCUT2D eigenvalue weighted by molar-refractivity contribution is 0.491. The van der Waals surface area contributed by atoms with Gasteiger partial charge in [-0.1, -0.05) is 0 Å². The molecule has 144 valence electrons. The fourth-order valence-electron chi connectivity index (χ4n) is 2.74. The Morgan fingerprint density at radius 1 is 1.03 bits per heavy atom. The standard InChI is InChI=1S/C18H8F4N6O/c19-10-3-12(21)11(20)1-8(10)2-14-17-25-9(4-23)6-28(17)7-15(26-14)16-24-5-13(22)18(29)27-16/h1,3,5-7H,2H2,(H,24,27,29). The minimum atomic E-state index is -1.33. The summed E-state index contributed by atoms with van der Waals surface area (Å²) in [4.78, 5) is 25.8. The van der Waals surface area contributed by atoms with E-state index in [0.717, 1.165) is 0 Å². The van der Waals surface area contributed by atoms with E-state index in [1.54, 1.807) is 0 Å². The minimum absolute atomic E-state index is 0.0246. The Hall–Kier alpha value is -4.07. The molecule has 29 heavy (non-hydrogen) atoms. The maximum atomic E-state index is 14.1. The molecule has 0 saturated carbocycles. The van der Waals surface area contributed by atoms with Crippen molar-refractivity contribution in [1.82, 2.24) is 24.3 Å². The largest absolute Gasteiger partial charge is 0.303 e. The fraction of sp³-hybridized carbons (Fsp3) is 0.0556. The second-order valence-electron chi connectivity index (χ2n) is 5.99. The number of halogens is 4. The van der Waals surface area contributed by atoms with Crippen LogP contribution in [0.5, 0.6) is 0 Å². The molecule has 0 amide bonds. The third kappa shape index (κ3) is 3.31. The molecule has 0 radical (unpaired) electrons. The summed E-state index contributed by atoms with van der Waals surface area (Å²) in [6.07, 6.45) is 3.15. The number of nitriles is 1. The Morgan fingerprint density at radius 3 is 2.52 bits per heavy atom. The van der Waals surface area contributed by atoms with Crippen molar-refractivity contribution in [2.24, 2.45) is 0 Å². The number of hydrogen-bond donors (Lipinski definition) is 1. The second kappa shape index (κ2) is 6.83. The number of imidazole rings is 1. The summed E-state index contributed by atoms with van der Waals surface area (Å²) in [6.45, 7) is 0. The van der Waals surface area contributed by atoms with Crippen molar-refractivity contribution < 1.29 is 17.6 Å². The van der Waals surface area contributed by atoms with Gasteiger partial charge < -0.3 is 9.38 Å². The van der Waals surface area contributed by atoms with Crippen LogP contribution < -0.4 is 5.56 Å². The molecule has 0 saturated heterocycles. The van der Waals surface area contributed by atoms with E-state index >= 15 is 0 Å². The zero-order chi connectivity index (χ0) is 20.7. The lowest BCUT2D eigenvalue weighted by atomic mass is 10.1. The highest BCUT2D eigenvalue weighted by molar-refractivity contribution is 5.56. The van der Waals surface area contributed by atoms with Crippen LogP contribution >= 0.6 is 0 Å². The molecule has 0 unspecified atom stereocenters. The van der Waals surface area contributed by atoms with Crippen molar-refractivity contribution in [1.29, 1.82) is 5.26 Å². The van der Waals surface area contributed by atoms with E-state index in [-0.39, 0.29) is 40.5 Å².